The second-order valence-corrected chi connectivity index (χ2v) is 11.0. The van der Waals surface area contributed by atoms with Crippen molar-refractivity contribution in [2.75, 3.05) is 46.8 Å². The summed E-state index contributed by atoms with van der Waals surface area (Å²) in [5, 5.41) is 15.8. The van der Waals surface area contributed by atoms with Crippen LogP contribution in [0.3, 0.4) is 0 Å². The zero-order valence-electron chi connectivity index (χ0n) is 26.6. The molecule has 0 saturated carbocycles. The van der Waals surface area contributed by atoms with Gasteiger partial charge in [0, 0.05) is 25.7 Å². The number of fused-ring (bicyclic) bond motifs is 1. The second kappa shape index (κ2) is 13.9. The summed E-state index contributed by atoms with van der Waals surface area (Å²) < 4.78 is 36.2. The van der Waals surface area contributed by atoms with Gasteiger partial charge < -0.3 is 24.3 Å². The predicted octanol–water partition coefficient (Wildman–Crippen LogP) is 5.36. The highest BCUT2D eigenvalue weighted by molar-refractivity contribution is 6.06. The van der Waals surface area contributed by atoms with E-state index < -0.39 is 11.7 Å². The third-order valence-electron chi connectivity index (χ3n) is 8.23. The molecule has 12 heteroatoms. The van der Waals surface area contributed by atoms with Crippen molar-refractivity contribution in [3.05, 3.63) is 101 Å². The maximum Gasteiger partial charge on any atom is 0.258 e. The highest BCUT2D eigenvalue weighted by atomic mass is 19.1. The fourth-order valence-corrected chi connectivity index (χ4v) is 5.65. The normalized spacial score (nSPS) is 12.7. The van der Waals surface area contributed by atoms with E-state index in [1.54, 1.807) is 32.4 Å². The molecule has 1 aliphatic heterocycles. The lowest BCUT2D eigenvalue weighted by atomic mass is 9.98. The lowest BCUT2D eigenvalue weighted by molar-refractivity contribution is 0.102. The van der Waals surface area contributed by atoms with E-state index in [9.17, 15) is 9.18 Å². The number of anilines is 1. The van der Waals surface area contributed by atoms with Crippen molar-refractivity contribution in [3.8, 4) is 40.1 Å². The van der Waals surface area contributed by atoms with Crippen molar-refractivity contribution >= 4 is 11.6 Å². The zero-order chi connectivity index (χ0) is 32.9. The van der Waals surface area contributed by atoms with Crippen molar-refractivity contribution in [1.82, 2.24) is 25.1 Å². The molecule has 0 bridgehead atoms. The number of rotatable bonds is 11. The van der Waals surface area contributed by atoms with Crippen LogP contribution >= 0.6 is 0 Å². The molecule has 242 valence electrons. The molecule has 0 radical (unpaired) electrons. The van der Waals surface area contributed by atoms with Gasteiger partial charge in [-0.25, -0.2) is 4.39 Å². The highest BCUT2D eigenvalue weighted by Gasteiger charge is 2.22. The van der Waals surface area contributed by atoms with Crippen molar-refractivity contribution < 1.29 is 28.1 Å². The van der Waals surface area contributed by atoms with Crippen LogP contribution in [0.5, 0.6) is 23.0 Å². The van der Waals surface area contributed by atoms with Gasteiger partial charge in [-0.3, -0.25) is 9.69 Å². The minimum Gasteiger partial charge on any atom is -0.493 e. The quantitative estimate of drug-likeness (QED) is 0.204. The van der Waals surface area contributed by atoms with Crippen LogP contribution < -0.4 is 24.3 Å². The average molecular weight is 639 g/mol. The summed E-state index contributed by atoms with van der Waals surface area (Å²) in [7, 11) is 6.31. The lowest BCUT2D eigenvalue weighted by Crippen LogP contribution is -2.32. The Morgan fingerprint density at radius 1 is 0.851 bits per heavy atom. The fourth-order valence-electron chi connectivity index (χ4n) is 5.65. The summed E-state index contributed by atoms with van der Waals surface area (Å²) in [6.45, 7) is 2.75. The molecule has 1 N–H and O–H groups in total. The fraction of sp³-hybridized carbons (Fsp3) is 0.257. The van der Waals surface area contributed by atoms with E-state index in [0.717, 1.165) is 49.7 Å². The molecule has 5 aromatic rings. The molecule has 1 aromatic heterocycles. The molecule has 6 rings (SSSR count). The average Bonchev–Trinajstić information content (AvgIpc) is 3.60. The van der Waals surface area contributed by atoms with E-state index in [2.05, 4.69) is 49.9 Å². The Kier molecular flexibility index (Phi) is 9.30. The number of amides is 1. The minimum atomic E-state index is -0.637. The molecule has 2 heterocycles. The molecule has 47 heavy (non-hydrogen) atoms. The number of aromatic nitrogens is 4. The first kappa shape index (κ1) is 31.5. The third-order valence-corrected chi connectivity index (χ3v) is 8.23. The Morgan fingerprint density at radius 3 is 2.21 bits per heavy atom. The van der Waals surface area contributed by atoms with Crippen LogP contribution in [-0.2, 0) is 19.4 Å². The maximum absolute atomic E-state index is 14.3. The molecular formula is C35H35FN6O5. The van der Waals surface area contributed by atoms with E-state index >= 15 is 0 Å². The Bertz CT molecular complexity index is 1890. The topological polar surface area (TPSA) is 113 Å². The summed E-state index contributed by atoms with van der Waals surface area (Å²) in [6.07, 6.45) is 1.85. The number of carbonyl (C=O) groups is 1. The Labute approximate surface area is 271 Å². The SMILES string of the molecule is COc1cc2c(cc1OC)CN(CCc1ccc(-n3nnc(-c4cc(OC)c(OC)cc4NC(=O)c4ccccc4F)n3)cc1)CC2. The third kappa shape index (κ3) is 6.73. The monoisotopic (exact) mass is 638 g/mol. The number of tetrazole rings is 1. The van der Waals surface area contributed by atoms with Gasteiger partial charge in [0.25, 0.3) is 5.91 Å². The van der Waals surface area contributed by atoms with Crippen LogP contribution in [0.2, 0.25) is 0 Å². The van der Waals surface area contributed by atoms with Gasteiger partial charge in [-0.15, -0.1) is 15.0 Å². The lowest BCUT2D eigenvalue weighted by Gasteiger charge is -2.29. The number of hydrogen-bond donors (Lipinski definition) is 1. The summed E-state index contributed by atoms with van der Waals surface area (Å²) >= 11 is 0. The van der Waals surface area contributed by atoms with Gasteiger partial charge in [-0.05, 0) is 77.2 Å². The number of ether oxygens (including phenoxy) is 4. The van der Waals surface area contributed by atoms with Crippen molar-refractivity contribution in [1.29, 1.82) is 0 Å². The number of methoxy groups -OCH3 is 4. The molecule has 0 unspecified atom stereocenters. The van der Waals surface area contributed by atoms with Gasteiger partial charge in [0.05, 0.1) is 50.9 Å². The summed E-state index contributed by atoms with van der Waals surface area (Å²) in [5.41, 5.74) is 5.11. The molecule has 0 spiro atoms. The molecule has 0 saturated heterocycles. The molecule has 4 aromatic carbocycles. The predicted molar refractivity (Wildman–Crippen MR) is 174 cm³/mol. The molecule has 0 fully saturated rings. The number of benzene rings is 4. The Hall–Kier alpha value is -5.49. The standard InChI is InChI=1S/C35H35FN6O5/c1-44-30-17-23-14-16-41(21-24(23)18-31(30)45-2)15-13-22-9-11-25(12-10-22)42-39-34(38-40-42)27-19-32(46-3)33(47-4)20-29(27)37-35(43)26-7-5-6-8-28(26)36/h5-12,17-20H,13-16,21H2,1-4H3,(H,37,43). The van der Waals surface area contributed by atoms with Crippen LogP contribution in [0.15, 0.2) is 72.8 Å². The van der Waals surface area contributed by atoms with Crippen molar-refractivity contribution in [2.24, 2.45) is 0 Å². The first-order valence-electron chi connectivity index (χ1n) is 15.1. The minimum absolute atomic E-state index is 0.101. The first-order valence-corrected chi connectivity index (χ1v) is 15.1. The van der Waals surface area contributed by atoms with Gasteiger partial charge in [0.2, 0.25) is 5.82 Å². The van der Waals surface area contributed by atoms with Gasteiger partial charge in [-0.1, -0.05) is 24.3 Å². The number of hydrogen-bond acceptors (Lipinski definition) is 9. The van der Waals surface area contributed by atoms with E-state index in [-0.39, 0.29) is 11.4 Å². The first-order chi connectivity index (χ1) is 22.9. The Balaban J connectivity index is 1.16. The number of halogens is 1. The smallest absolute Gasteiger partial charge is 0.258 e. The van der Waals surface area contributed by atoms with Crippen LogP contribution in [-0.4, -0.2) is 72.5 Å². The number of nitrogens with zero attached hydrogens (tertiary/aromatic N) is 5. The number of nitrogens with one attached hydrogen (secondary N) is 1. The molecular weight excluding hydrogens is 603 g/mol. The van der Waals surface area contributed by atoms with E-state index in [4.69, 9.17) is 18.9 Å². The van der Waals surface area contributed by atoms with E-state index in [1.807, 2.05) is 12.1 Å². The molecule has 11 nitrogen and oxygen atoms in total. The van der Waals surface area contributed by atoms with Crippen LogP contribution in [0, 0.1) is 5.82 Å². The molecule has 1 aliphatic rings. The van der Waals surface area contributed by atoms with Crippen molar-refractivity contribution in [2.45, 2.75) is 19.4 Å². The summed E-state index contributed by atoms with van der Waals surface area (Å²) in [5.74, 6) is 1.27. The molecule has 0 atom stereocenters. The summed E-state index contributed by atoms with van der Waals surface area (Å²) in [6, 6.07) is 21.1. The zero-order valence-corrected chi connectivity index (χ0v) is 26.6. The van der Waals surface area contributed by atoms with Gasteiger partial charge in [-0.2, -0.15) is 0 Å². The van der Waals surface area contributed by atoms with Crippen LogP contribution in [0.1, 0.15) is 27.0 Å². The molecule has 1 amide bonds. The molecule has 0 aliphatic carbocycles. The number of carbonyl (C=O) groups excluding carboxylic acids is 1. The van der Waals surface area contributed by atoms with Gasteiger partial charge in [0.1, 0.15) is 5.82 Å². The van der Waals surface area contributed by atoms with Gasteiger partial charge >= 0.3 is 0 Å². The second-order valence-electron chi connectivity index (χ2n) is 11.0. The highest BCUT2D eigenvalue weighted by Crippen LogP contribution is 2.38. The van der Waals surface area contributed by atoms with Crippen molar-refractivity contribution in [3.63, 3.8) is 0 Å². The largest absolute Gasteiger partial charge is 0.493 e. The Morgan fingerprint density at radius 2 is 1.51 bits per heavy atom. The van der Waals surface area contributed by atoms with Crippen LogP contribution in [0.25, 0.3) is 17.1 Å². The maximum atomic E-state index is 14.3. The van der Waals surface area contributed by atoms with E-state index in [0.29, 0.717) is 22.7 Å². The van der Waals surface area contributed by atoms with Crippen LogP contribution in [0.4, 0.5) is 10.1 Å². The van der Waals surface area contributed by atoms with E-state index in [1.165, 1.54) is 53.9 Å². The van der Waals surface area contributed by atoms with Gasteiger partial charge in [0.15, 0.2) is 23.0 Å². The summed E-state index contributed by atoms with van der Waals surface area (Å²) in [4.78, 5) is 16.9.